The number of alkyl halides is 2. The van der Waals surface area contributed by atoms with E-state index in [2.05, 4.69) is 0 Å². The van der Waals surface area contributed by atoms with Crippen LogP contribution in [0.25, 0.3) is 0 Å². The Balaban J connectivity index is 3.07. The number of carbonyl (C=O) groups is 1. The molecule has 0 saturated carbocycles. The molecule has 96 valence electrons. The maximum absolute atomic E-state index is 10.4. The molecule has 0 bridgehead atoms. The van der Waals surface area contributed by atoms with E-state index in [4.69, 9.17) is 28.3 Å². The summed E-state index contributed by atoms with van der Waals surface area (Å²) in [7, 11) is 0. The molecule has 0 rings (SSSR count). The first-order valence-electron chi connectivity index (χ1n) is 6.11. The van der Waals surface area contributed by atoms with E-state index < -0.39 is 11.3 Å². The van der Waals surface area contributed by atoms with Crippen molar-refractivity contribution in [1.82, 2.24) is 0 Å². The van der Waals surface area contributed by atoms with E-state index in [1.807, 2.05) is 0 Å². The second-order valence-corrected chi connectivity index (χ2v) is 5.02. The Hall–Kier alpha value is 0.0500. The van der Waals surface area contributed by atoms with E-state index in [0.29, 0.717) is 6.42 Å². The summed E-state index contributed by atoms with van der Waals surface area (Å²) in [6.45, 7) is 0. The summed E-state index contributed by atoms with van der Waals surface area (Å²) in [5, 5.41) is 7.86. The topological polar surface area (TPSA) is 37.3 Å². The average molecular weight is 269 g/mol. The lowest BCUT2D eigenvalue weighted by molar-refractivity contribution is -0.136. The highest BCUT2D eigenvalue weighted by Crippen LogP contribution is 2.13. The molecule has 16 heavy (non-hydrogen) atoms. The monoisotopic (exact) mass is 268 g/mol. The lowest BCUT2D eigenvalue weighted by Crippen LogP contribution is -2.12. The summed E-state index contributed by atoms with van der Waals surface area (Å²) in [6, 6.07) is 0. The zero-order valence-corrected chi connectivity index (χ0v) is 11.3. The molecule has 0 radical (unpaired) electrons. The molecule has 0 aliphatic rings. The molecule has 0 aliphatic heterocycles. The Labute approximate surface area is 108 Å². The van der Waals surface area contributed by atoms with Crippen molar-refractivity contribution in [2.75, 3.05) is 5.88 Å². The minimum absolute atomic E-state index is 0.586. The molecule has 4 heteroatoms. The van der Waals surface area contributed by atoms with Gasteiger partial charge in [0.25, 0.3) is 0 Å². The molecule has 1 unspecified atom stereocenters. The Morgan fingerprint density at radius 1 is 0.938 bits per heavy atom. The van der Waals surface area contributed by atoms with Crippen LogP contribution in [0.2, 0.25) is 0 Å². The van der Waals surface area contributed by atoms with E-state index >= 15 is 0 Å². The number of hydrogen-bond donors (Lipinski definition) is 1. The van der Waals surface area contributed by atoms with Gasteiger partial charge in [0.1, 0.15) is 5.38 Å². The molecule has 0 aromatic rings. The third-order valence-corrected chi connectivity index (χ3v) is 3.28. The number of rotatable bonds is 11. The van der Waals surface area contributed by atoms with Crippen molar-refractivity contribution in [2.45, 2.75) is 63.2 Å². The highest BCUT2D eigenvalue weighted by atomic mass is 35.5. The van der Waals surface area contributed by atoms with Crippen LogP contribution in [0, 0.1) is 0 Å². The number of carboxylic acids is 1. The normalized spacial score (nSPS) is 12.6. The van der Waals surface area contributed by atoms with Crippen molar-refractivity contribution in [3.63, 3.8) is 0 Å². The molecule has 2 nitrogen and oxygen atoms in total. The maximum Gasteiger partial charge on any atom is 0.321 e. The van der Waals surface area contributed by atoms with E-state index in [1.165, 1.54) is 32.1 Å². The minimum atomic E-state index is -0.900. The van der Waals surface area contributed by atoms with Gasteiger partial charge in [0, 0.05) is 5.88 Å². The van der Waals surface area contributed by atoms with Crippen molar-refractivity contribution in [1.29, 1.82) is 0 Å². The molecule has 0 spiro atoms. The van der Waals surface area contributed by atoms with E-state index in [0.717, 1.165) is 25.1 Å². The van der Waals surface area contributed by atoms with Gasteiger partial charge in [-0.3, -0.25) is 4.79 Å². The van der Waals surface area contributed by atoms with Crippen LogP contribution in [-0.2, 0) is 4.79 Å². The summed E-state index contributed by atoms with van der Waals surface area (Å²) >= 11 is 11.2. The predicted octanol–water partition coefficient (Wildman–Crippen LogP) is 4.43. The molecule has 0 amide bonds. The number of halogens is 2. The minimum Gasteiger partial charge on any atom is -0.480 e. The highest BCUT2D eigenvalue weighted by Gasteiger charge is 2.11. The van der Waals surface area contributed by atoms with Crippen molar-refractivity contribution >= 4 is 29.2 Å². The second-order valence-electron chi connectivity index (χ2n) is 4.11. The quantitative estimate of drug-likeness (QED) is 0.445. The Morgan fingerprint density at radius 2 is 1.38 bits per heavy atom. The lowest BCUT2D eigenvalue weighted by Gasteiger charge is -2.04. The molecule has 1 N–H and O–H groups in total. The first-order chi connectivity index (χ1) is 7.68. The molecule has 0 aromatic heterocycles. The number of unbranched alkanes of at least 4 members (excludes halogenated alkanes) is 7. The van der Waals surface area contributed by atoms with Crippen LogP contribution in [0.3, 0.4) is 0 Å². The van der Waals surface area contributed by atoms with Gasteiger partial charge in [-0.05, 0) is 12.8 Å². The Morgan fingerprint density at radius 3 is 1.81 bits per heavy atom. The second kappa shape index (κ2) is 11.5. The van der Waals surface area contributed by atoms with Gasteiger partial charge in [0.2, 0.25) is 0 Å². The van der Waals surface area contributed by atoms with Crippen molar-refractivity contribution in [2.24, 2.45) is 0 Å². The summed E-state index contributed by atoms with van der Waals surface area (Å²) < 4.78 is 0. The van der Waals surface area contributed by atoms with Crippen LogP contribution in [0.4, 0.5) is 0 Å². The summed E-state index contributed by atoms with van der Waals surface area (Å²) in [5.74, 6) is -0.130. The van der Waals surface area contributed by atoms with Gasteiger partial charge in [-0.15, -0.1) is 23.2 Å². The molecule has 0 aliphatic carbocycles. The fourth-order valence-corrected chi connectivity index (χ4v) is 1.95. The molecular weight excluding hydrogens is 247 g/mol. The fourth-order valence-electron chi connectivity index (χ4n) is 1.60. The van der Waals surface area contributed by atoms with Gasteiger partial charge in [-0.25, -0.2) is 0 Å². The molecular formula is C12H22Cl2O2. The molecule has 0 aromatic carbocycles. The van der Waals surface area contributed by atoms with Gasteiger partial charge >= 0.3 is 5.97 Å². The van der Waals surface area contributed by atoms with Gasteiger partial charge in [0.05, 0.1) is 0 Å². The first kappa shape index (κ1) is 16.1. The van der Waals surface area contributed by atoms with E-state index in [1.54, 1.807) is 0 Å². The van der Waals surface area contributed by atoms with E-state index in [9.17, 15) is 4.79 Å². The third kappa shape index (κ3) is 10.6. The van der Waals surface area contributed by atoms with E-state index in [-0.39, 0.29) is 0 Å². The zero-order chi connectivity index (χ0) is 12.2. The third-order valence-electron chi connectivity index (χ3n) is 2.61. The zero-order valence-electron chi connectivity index (χ0n) is 9.76. The fraction of sp³-hybridized carbons (Fsp3) is 0.917. The van der Waals surface area contributed by atoms with Gasteiger partial charge in [-0.2, -0.15) is 0 Å². The summed E-state index contributed by atoms with van der Waals surface area (Å²) in [6.07, 6.45) is 9.89. The Bertz CT molecular complexity index is 174. The number of hydrogen-bond acceptors (Lipinski definition) is 1. The largest absolute Gasteiger partial charge is 0.480 e. The predicted molar refractivity (Wildman–Crippen MR) is 69.5 cm³/mol. The lowest BCUT2D eigenvalue weighted by atomic mass is 10.1. The summed E-state index contributed by atoms with van der Waals surface area (Å²) in [4.78, 5) is 10.4. The van der Waals surface area contributed by atoms with Crippen LogP contribution >= 0.6 is 23.2 Å². The summed E-state index contributed by atoms with van der Waals surface area (Å²) in [5.41, 5.74) is 0. The standard InChI is InChI=1S/C12H22Cl2O2/c13-10-8-6-4-2-1-3-5-7-9-11(14)12(15)16/h11H,1-10H2,(H,15,16). The van der Waals surface area contributed by atoms with Gasteiger partial charge < -0.3 is 5.11 Å². The van der Waals surface area contributed by atoms with Gasteiger partial charge in [0.15, 0.2) is 0 Å². The SMILES string of the molecule is O=C(O)C(Cl)CCCCCCCCCCCl. The van der Waals surface area contributed by atoms with Crippen LogP contribution in [0.1, 0.15) is 57.8 Å². The Kier molecular flexibility index (Phi) is 11.6. The highest BCUT2D eigenvalue weighted by molar-refractivity contribution is 6.29. The molecule has 0 saturated heterocycles. The van der Waals surface area contributed by atoms with Gasteiger partial charge in [-0.1, -0.05) is 44.9 Å². The van der Waals surface area contributed by atoms with Crippen molar-refractivity contribution in [3.05, 3.63) is 0 Å². The van der Waals surface area contributed by atoms with Crippen LogP contribution in [-0.4, -0.2) is 22.3 Å². The maximum atomic E-state index is 10.4. The first-order valence-corrected chi connectivity index (χ1v) is 7.08. The van der Waals surface area contributed by atoms with Crippen LogP contribution in [0.5, 0.6) is 0 Å². The van der Waals surface area contributed by atoms with Crippen molar-refractivity contribution < 1.29 is 9.90 Å². The number of aliphatic carboxylic acids is 1. The molecule has 1 atom stereocenters. The number of carboxylic acid groups (broad SMARTS) is 1. The van der Waals surface area contributed by atoms with Crippen LogP contribution < -0.4 is 0 Å². The molecule has 0 fully saturated rings. The van der Waals surface area contributed by atoms with Crippen LogP contribution in [0.15, 0.2) is 0 Å². The smallest absolute Gasteiger partial charge is 0.321 e. The average Bonchev–Trinajstić information content (AvgIpc) is 2.26. The van der Waals surface area contributed by atoms with Crippen molar-refractivity contribution in [3.8, 4) is 0 Å². The molecule has 0 heterocycles.